The van der Waals surface area contributed by atoms with Crippen molar-refractivity contribution in [3.63, 3.8) is 0 Å². The molecule has 1 heterocycles. The minimum Gasteiger partial charge on any atom is -0.355 e. The van der Waals surface area contributed by atoms with E-state index in [1.165, 1.54) is 12.0 Å². The van der Waals surface area contributed by atoms with Crippen LogP contribution in [0.1, 0.15) is 24.8 Å². The summed E-state index contributed by atoms with van der Waals surface area (Å²) in [4.78, 5) is 8.98. The highest BCUT2D eigenvalue weighted by molar-refractivity contribution is 7.89. The molecule has 28 heavy (non-hydrogen) atoms. The Hall–Kier alpha value is -1.64. The van der Waals surface area contributed by atoms with Crippen molar-refractivity contribution in [3.8, 4) is 0 Å². The second kappa shape index (κ2) is 10.2. The molecule has 2 fully saturated rings. The number of nitrogens with one attached hydrogen (secondary N) is 2. The highest BCUT2D eigenvalue weighted by atomic mass is 32.2. The second-order valence-corrected chi connectivity index (χ2v) is 9.61. The molecule has 1 aliphatic carbocycles. The molecule has 0 atom stereocenters. The fraction of sp³-hybridized carbons (Fsp3) is 0.650. The lowest BCUT2D eigenvalue weighted by atomic mass is 9.86. The van der Waals surface area contributed by atoms with Gasteiger partial charge in [-0.15, -0.1) is 0 Å². The summed E-state index contributed by atoms with van der Waals surface area (Å²) in [5.74, 6) is 1.39. The van der Waals surface area contributed by atoms with Gasteiger partial charge in [-0.1, -0.05) is 36.8 Å². The van der Waals surface area contributed by atoms with Crippen molar-refractivity contribution < 1.29 is 8.42 Å². The molecule has 0 bridgehead atoms. The molecule has 0 spiro atoms. The Bertz CT molecular complexity index is 726. The number of rotatable bonds is 8. The van der Waals surface area contributed by atoms with Crippen molar-refractivity contribution in [1.29, 1.82) is 0 Å². The van der Waals surface area contributed by atoms with E-state index in [1.807, 2.05) is 6.07 Å². The van der Waals surface area contributed by atoms with Crippen molar-refractivity contribution in [1.82, 2.24) is 19.8 Å². The Morgan fingerprint density at radius 2 is 1.86 bits per heavy atom. The van der Waals surface area contributed by atoms with Crippen molar-refractivity contribution in [3.05, 3.63) is 35.9 Å². The molecular weight excluding hydrogens is 374 g/mol. The second-order valence-electron chi connectivity index (χ2n) is 7.69. The van der Waals surface area contributed by atoms with E-state index < -0.39 is 10.0 Å². The van der Waals surface area contributed by atoms with Crippen molar-refractivity contribution in [2.24, 2.45) is 10.9 Å². The van der Waals surface area contributed by atoms with Crippen LogP contribution >= 0.6 is 0 Å². The van der Waals surface area contributed by atoms with Crippen LogP contribution in [0.15, 0.2) is 35.3 Å². The van der Waals surface area contributed by atoms with E-state index in [9.17, 15) is 8.42 Å². The van der Waals surface area contributed by atoms with Gasteiger partial charge in [-0.25, -0.2) is 13.1 Å². The molecule has 1 saturated heterocycles. The molecule has 1 aromatic carbocycles. The highest BCUT2D eigenvalue weighted by Crippen LogP contribution is 2.25. The molecule has 2 aliphatic rings. The lowest BCUT2D eigenvalue weighted by molar-refractivity contribution is 0.172. The first kappa shape index (κ1) is 21.1. The van der Waals surface area contributed by atoms with Gasteiger partial charge in [0.05, 0.1) is 5.75 Å². The number of sulfonamides is 1. The Morgan fingerprint density at radius 3 is 2.46 bits per heavy atom. The van der Waals surface area contributed by atoms with Crippen LogP contribution in [0, 0.1) is 5.92 Å². The average Bonchev–Trinajstić information content (AvgIpc) is 2.65. The van der Waals surface area contributed by atoms with E-state index in [0.717, 1.165) is 51.5 Å². The van der Waals surface area contributed by atoms with E-state index >= 15 is 0 Å². The summed E-state index contributed by atoms with van der Waals surface area (Å²) in [5.41, 5.74) is 1.33. The van der Waals surface area contributed by atoms with Crippen LogP contribution in [0.25, 0.3) is 0 Å². The van der Waals surface area contributed by atoms with Gasteiger partial charge >= 0.3 is 0 Å². The summed E-state index contributed by atoms with van der Waals surface area (Å²) < 4.78 is 27.0. The van der Waals surface area contributed by atoms with Crippen LogP contribution in [0.5, 0.6) is 0 Å². The first-order valence-electron chi connectivity index (χ1n) is 10.2. The van der Waals surface area contributed by atoms with Crippen LogP contribution in [0.4, 0.5) is 0 Å². The largest absolute Gasteiger partial charge is 0.355 e. The van der Waals surface area contributed by atoms with Crippen LogP contribution in [0.2, 0.25) is 0 Å². The zero-order valence-electron chi connectivity index (χ0n) is 16.8. The number of aliphatic imine (C=N–C) groups is 1. The smallest absolute Gasteiger partial charge is 0.213 e. The molecule has 8 heteroatoms. The Kier molecular flexibility index (Phi) is 7.70. The zero-order valence-corrected chi connectivity index (χ0v) is 17.6. The SMILES string of the molecule is CN=C(NCCS(=O)(=O)NCC1CCC1)N1CCN(Cc2ccccc2)CC1. The van der Waals surface area contributed by atoms with Crippen molar-refractivity contribution in [2.75, 3.05) is 52.1 Å². The Balaban J connectivity index is 1.37. The maximum absolute atomic E-state index is 12.1. The average molecular weight is 408 g/mol. The fourth-order valence-electron chi connectivity index (χ4n) is 3.60. The van der Waals surface area contributed by atoms with E-state index in [-0.39, 0.29) is 5.75 Å². The monoisotopic (exact) mass is 407 g/mol. The molecular formula is C20H33N5O2S. The van der Waals surface area contributed by atoms with Gasteiger partial charge in [0, 0.05) is 52.9 Å². The number of piperazine rings is 1. The predicted octanol–water partition coefficient (Wildman–Crippen LogP) is 1.10. The molecule has 0 unspecified atom stereocenters. The molecule has 3 rings (SSSR count). The van der Waals surface area contributed by atoms with Gasteiger partial charge in [0.1, 0.15) is 0 Å². The molecule has 2 N–H and O–H groups in total. The fourth-order valence-corrected chi connectivity index (χ4v) is 4.61. The maximum atomic E-state index is 12.1. The zero-order chi connectivity index (χ0) is 19.8. The predicted molar refractivity (Wildman–Crippen MR) is 114 cm³/mol. The summed E-state index contributed by atoms with van der Waals surface area (Å²) in [5, 5.41) is 3.21. The molecule has 0 radical (unpaired) electrons. The van der Waals surface area contributed by atoms with E-state index in [2.05, 4.69) is 49.1 Å². The Labute approximate surface area is 169 Å². The Morgan fingerprint density at radius 1 is 1.14 bits per heavy atom. The summed E-state index contributed by atoms with van der Waals surface area (Å²) in [7, 11) is -1.47. The van der Waals surface area contributed by atoms with Gasteiger partial charge in [-0.3, -0.25) is 9.89 Å². The van der Waals surface area contributed by atoms with Gasteiger partial charge in [-0.05, 0) is 24.3 Å². The van der Waals surface area contributed by atoms with Gasteiger partial charge in [0.25, 0.3) is 0 Å². The van der Waals surface area contributed by atoms with Crippen molar-refractivity contribution in [2.45, 2.75) is 25.8 Å². The summed E-state index contributed by atoms with van der Waals surface area (Å²) in [6.07, 6.45) is 3.51. The number of hydrogen-bond donors (Lipinski definition) is 2. The minimum atomic E-state index is -3.23. The lowest BCUT2D eigenvalue weighted by Gasteiger charge is -2.36. The molecule has 1 aliphatic heterocycles. The van der Waals surface area contributed by atoms with Crippen LogP contribution in [-0.2, 0) is 16.6 Å². The van der Waals surface area contributed by atoms with E-state index in [0.29, 0.717) is 19.0 Å². The van der Waals surface area contributed by atoms with Crippen LogP contribution < -0.4 is 10.0 Å². The van der Waals surface area contributed by atoms with Crippen LogP contribution in [-0.4, -0.2) is 76.2 Å². The molecule has 1 saturated carbocycles. The molecule has 1 aromatic rings. The normalized spacial score (nSPS) is 19.5. The third-order valence-corrected chi connectivity index (χ3v) is 6.95. The number of guanidine groups is 1. The topological polar surface area (TPSA) is 77.0 Å². The number of benzene rings is 1. The third kappa shape index (κ3) is 6.46. The maximum Gasteiger partial charge on any atom is 0.213 e. The number of hydrogen-bond acceptors (Lipinski definition) is 4. The molecule has 156 valence electrons. The minimum absolute atomic E-state index is 0.0761. The standard InChI is InChI=1S/C20H33N5O2S/c1-21-20(22-10-15-28(26,27)23-16-18-8-5-9-18)25-13-11-24(12-14-25)17-19-6-3-2-4-7-19/h2-4,6-7,18,23H,5,8-17H2,1H3,(H,21,22). The summed E-state index contributed by atoms with van der Waals surface area (Å²) >= 11 is 0. The third-order valence-electron chi connectivity index (χ3n) is 5.60. The van der Waals surface area contributed by atoms with Gasteiger partial charge < -0.3 is 10.2 Å². The van der Waals surface area contributed by atoms with Crippen LogP contribution in [0.3, 0.4) is 0 Å². The van der Waals surface area contributed by atoms with Gasteiger partial charge in [-0.2, -0.15) is 0 Å². The summed E-state index contributed by atoms with van der Waals surface area (Å²) in [6.45, 7) is 5.63. The lowest BCUT2D eigenvalue weighted by Crippen LogP contribution is -2.52. The van der Waals surface area contributed by atoms with Crippen molar-refractivity contribution >= 4 is 16.0 Å². The van der Waals surface area contributed by atoms with E-state index in [1.54, 1.807) is 7.05 Å². The number of nitrogens with zero attached hydrogens (tertiary/aromatic N) is 3. The first-order valence-corrected chi connectivity index (χ1v) is 11.9. The molecule has 0 amide bonds. The van der Waals surface area contributed by atoms with E-state index in [4.69, 9.17) is 0 Å². The molecule has 7 nitrogen and oxygen atoms in total. The van der Waals surface area contributed by atoms with Gasteiger partial charge in [0.2, 0.25) is 10.0 Å². The quantitative estimate of drug-likeness (QED) is 0.498. The molecule has 0 aromatic heterocycles. The van der Waals surface area contributed by atoms with Gasteiger partial charge in [0.15, 0.2) is 5.96 Å². The first-order chi connectivity index (χ1) is 13.6. The highest BCUT2D eigenvalue weighted by Gasteiger charge is 2.22. The summed E-state index contributed by atoms with van der Waals surface area (Å²) in [6, 6.07) is 10.5.